The lowest BCUT2D eigenvalue weighted by Gasteiger charge is -2.17. The van der Waals surface area contributed by atoms with Gasteiger partial charge < -0.3 is 15.5 Å². The molecular formula is C14H22N2O4S. The van der Waals surface area contributed by atoms with Gasteiger partial charge in [-0.2, -0.15) is 4.31 Å². The molecule has 0 spiro atoms. The molecule has 1 fully saturated rings. The van der Waals surface area contributed by atoms with Crippen molar-refractivity contribution >= 4 is 10.0 Å². The quantitative estimate of drug-likeness (QED) is 0.716. The Morgan fingerprint density at radius 1 is 1.24 bits per heavy atom. The molecule has 1 saturated heterocycles. The van der Waals surface area contributed by atoms with Crippen molar-refractivity contribution in [1.82, 2.24) is 9.62 Å². The summed E-state index contributed by atoms with van der Waals surface area (Å²) in [5, 5.41) is 22.2. The van der Waals surface area contributed by atoms with Gasteiger partial charge in [-0.15, -0.1) is 0 Å². The van der Waals surface area contributed by atoms with Crippen LogP contribution in [0.3, 0.4) is 0 Å². The van der Waals surface area contributed by atoms with Crippen LogP contribution in [0.1, 0.15) is 25.5 Å². The van der Waals surface area contributed by atoms with Gasteiger partial charge in [-0.1, -0.05) is 19.1 Å². The second-order valence-electron chi connectivity index (χ2n) is 5.31. The minimum Gasteiger partial charge on any atom is -0.389 e. The van der Waals surface area contributed by atoms with E-state index in [0.29, 0.717) is 0 Å². The third-order valence-electron chi connectivity index (χ3n) is 3.75. The fourth-order valence-corrected chi connectivity index (χ4v) is 3.91. The van der Waals surface area contributed by atoms with Gasteiger partial charge in [0.25, 0.3) is 0 Å². The van der Waals surface area contributed by atoms with Gasteiger partial charge in [0, 0.05) is 19.1 Å². The number of nitrogens with zero attached hydrogens (tertiary/aromatic N) is 1. The van der Waals surface area contributed by atoms with E-state index in [1.54, 1.807) is 24.3 Å². The SMILES string of the molecule is CCNC(C)c1ccc(S(=O)(=O)N2CC(O)C(O)C2)cc1. The summed E-state index contributed by atoms with van der Waals surface area (Å²) >= 11 is 0. The molecule has 1 aliphatic heterocycles. The third-order valence-corrected chi connectivity index (χ3v) is 5.60. The lowest BCUT2D eigenvalue weighted by atomic mass is 10.1. The van der Waals surface area contributed by atoms with Crippen molar-refractivity contribution in [2.24, 2.45) is 0 Å². The zero-order valence-corrected chi connectivity index (χ0v) is 13.0. The average Bonchev–Trinajstić information content (AvgIpc) is 2.80. The first-order valence-corrected chi connectivity index (χ1v) is 8.50. The molecule has 2 rings (SSSR count). The molecule has 0 saturated carbocycles. The van der Waals surface area contributed by atoms with Gasteiger partial charge in [0.1, 0.15) is 0 Å². The van der Waals surface area contributed by atoms with Crippen molar-refractivity contribution in [3.63, 3.8) is 0 Å². The monoisotopic (exact) mass is 314 g/mol. The number of aliphatic hydroxyl groups excluding tert-OH is 2. The number of benzene rings is 1. The predicted molar refractivity (Wildman–Crippen MR) is 79.3 cm³/mol. The summed E-state index contributed by atoms with van der Waals surface area (Å²) in [7, 11) is -3.67. The molecule has 6 nitrogen and oxygen atoms in total. The first-order chi connectivity index (χ1) is 9.86. The van der Waals surface area contributed by atoms with E-state index in [1.807, 2.05) is 13.8 Å². The number of β-amino-alcohol motifs (C(OH)–C–C–N with tert-alkyl or cyclic N) is 2. The van der Waals surface area contributed by atoms with Crippen LogP contribution in [0.15, 0.2) is 29.2 Å². The van der Waals surface area contributed by atoms with Crippen LogP contribution in [0.5, 0.6) is 0 Å². The molecule has 118 valence electrons. The molecule has 3 N–H and O–H groups in total. The normalized spacial score (nSPS) is 25.1. The van der Waals surface area contributed by atoms with Crippen molar-refractivity contribution in [3.05, 3.63) is 29.8 Å². The van der Waals surface area contributed by atoms with Crippen molar-refractivity contribution in [2.75, 3.05) is 19.6 Å². The van der Waals surface area contributed by atoms with Gasteiger partial charge in [0.05, 0.1) is 17.1 Å². The van der Waals surface area contributed by atoms with E-state index in [2.05, 4.69) is 5.32 Å². The van der Waals surface area contributed by atoms with Crippen LogP contribution in [0, 0.1) is 0 Å². The summed E-state index contributed by atoms with van der Waals surface area (Å²) in [6.45, 7) is 4.72. The van der Waals surface area contributed by atoms with Crippen LogP contribution in [0.25, 0.3) is 0 Å². The number of nitrogens with one attached hydrogen (secondary N) is 1. The van der Waals surface area contributed by atoms with Gasteiger partial charge in [0.15, 0.2) is 0 Å². The average molecular weight is 314 g/mol. The summed E-state index contributed by atoms with van der Waals surface area (Å²) < 4.78 is 26.0. The zero-order valence-electron chi connectivity index (χ0n) is 12.2. The number of hydrogen-bond acceptors (Lipinski definition) is 5. The molecule has 3 atom stereocenters. The van der Waals surface area contributed by atoms with Gasteiger partial charge in [0.2, 0.25) is 10.0 Å². The maximum atomic E-state index is 12.4. The minimum atomic E-state index is -3.67. The standard InChI is InChI=1S/C14H22N2O4S/c1-3-15-10(2)11-4-6-12(7-5-11)21(19,20)16-8-13(17)14(18)9-16/h4-7,10,13-15,17-18H,3,8-9H2,1-2H3. The second-order valence-corrected chi connectivity index (χ2v) is 7.24. The van der Waals surface area contributed by atoms with Gasteiger partial charge in [-0.25, -0.2) is 8.42 Å². The van der Waals surface area contributed by atoms with E-state index >= 15 is 0 Å². The zero-order chi connectivity index (χ0) is 15.6. The Morgan fingerprint density at radius 2 is 1.76 bits per heavy atom. The smallest absolute Gasteiger partial charge is 0.243 e. The molecule has 1 heterocycles. The van der Waals surface area contributed by atoms with E-state index in [0.717, 1.165) is 16.4 Å². The van der Waals surface area contributed by atoms with Crippen LogP contribution < -0.4 is 5.32 Å². The van der Waals surface area contributed by atoms with Crippen LogP contribution in [0.2, 0.25) is 0 Å². The Labute approximate surface area is 125 Å². The minimum absolute atomic E-state index is 0.0704. The van der Waals surface area contributed by atoms with Crippen LogP contribution in [0.4, 0.5) is 0 Å². The van der Waals surface area contributed by atoms with Crippen molar-refractivity contribution in [3.8, 4) is 0 Å². The molecule has 21 heavy (non-hydrogen) atoms. The van der Waals surface area contributed by atoms with E-state index < -0.39 is 22.2 Å². The first kappa shape index (κ1) is 16.4. The molecule has 0 radical (unpaired) electrons. The highest BCUT2D eigenvalue weighted by atomic mass is 32.2. The predicted octanol–water partition coefficient (Wildman–Crippen LogP) is 0.0832. The summed E-state index contributed by atoms with van der Waals surface area (Å²) in [5.74, 6) is 0. The van der Waals surface area contributed by atoms with Gasteiger partial charge >= 0.3 is 0 Å². The van der Waals surface area contributed by atoms with E-state index in [9.17, 15) is 18.6 Å². The molecule has 0 bridgehead atoms. The lowest BCUT2D eigenvalue weighted by molar-refractivity contribution is 0.0572. The van der Waals surface area contributed by atoms with Crippen molar-refractivity contribution in [2.45, 2.75) is 37.0 Å². The van der Waals surface area contributed by atoms with Crippen LogP contribution in [-0.2, 0) is 10.0 Å². The van der Waals surface area contributed by atoms with E-state index in [4.69, 9.17) is 0 Å². The Morgan fingerprint density at radius 3 is 2.24 bits per heavy atom. The number of rotatable bonds is 5. The maximum absolute atomic E-state index is 12.4. The molecule has 1 aromatic carbocycles. The maximum Gasteiger partial charge on any atom is 0.243 e. The molecule has 0 aliphatic carbocycles. The van der Waals surface area contributed by atoms with E-state index in [1.165, 1.54) is 0 Å². The summed E-state index contributed by atoms with van der Waals surface area (Å²) in [4.78, 5) is 0.177. The van der Waals surface area contributed by atoms with Gasteiger partial charge in [-0.05, 0) is 31.2 Å². The number of sulfonamides is 1. The Hall–Kier alpha value is -0.990. The summed E-state index contributed by atoms with van der Waals surface area (Å²) in [6.07, 6.45) is -2.04. The molecule has 0 aromatic heterocycles. The van der Waals surface area contributed by atoms with Crippen molar-refractivity contribution in [1.29, 1.82) is 0 Å². The highest BCUT2D eigenvalue weighted by Gasteiger charge is 2.37. The highest BCUT2D eigenvalue weighted by Crippen LogP contribution is 2.23. The molecule has 7 heteroatoms. The fraction of sp³-hybridized carbons (Fsp3) is 0.571. The Balaban J connectivity index is 2.18. The third kappa shape index (κ3) is 3.44. The second kappa shape index (κ2) is 6.41. The molecule has 0 amide bonds. The lowest BCUT2D eigenvalue weighted by Crippen LogP contribution is -2.30. The molecule has 3 unspecified atom stereocenters. The first-order valence-electron chi connectivity index (χ1n) is 7.06. The fourth-order valence-electron chi connectivity index (χ4n) is 2.43. The molecule has 1 aliphatic rings. The summed E-state index contributed by atoms with van der Waals surface area (Å²) in [5.41, 5.74) is 1.01. The topological polar surface area (TPSA) is 89.9 Å². The van der Waals surface area contributed by atoms with Crippen LogP contribution in [-0.4, -0.2) is 54.8 Å². The largest absolute Gasteiger partial charge is 0.389 e. The molecular weight excluding hydrogens is 292 g/mol. The van der Waals surface area contributed by atoms with Gasteiger partial charge in [-0.3, -0.25) is 0 Å². The Bertz CT molecular complexity index is 563. The highest BCUT2D eigenvalue weighted by molar-refractivity contribution is 7.89. The number of hydrogen-bond donors (Lipinski definition) is 3. The molecule has 1 aromatic rings. The van der Waals surface area contributed by atoms with Crippen molar-refractivity contribution < 1.29 is 18.6 Å². The summed E-state index contributed by atoms with van der Waals surface area (Å²) in [6, 6.07) is 6.85. The number of aliphatic hydroxyl groups is 2. The van der Waals surface area contributed by atoms with E-state index in [-0.39, 0.29) is 24.0 Å². The Kier molecular flexibility index (Phi) is 5.00. The van der Waals surface area contributed by atoms with Crippen LogP contribution >= 0.6 is 0 Å².